The maximum absolute atomic E-state index is 14.3. The zero-order chi connectivity index (χ0) is 45.8. The summed E-state index contributed by atoms with van der Waals surface area (Å²) in [6.45, 7) is 1.14. The molecule has 4 saturated heterocycles. The minimum Gasteiger partial charge on any atom is -0.508 e. The minimum atomic E-state index is -2.13. The Morgan fingerprint density at radius 2 is 1.14 bits per heavy atom. The molecule has 0 radical (unpaired) electrons. The molecule has 0 amide bonds. The van der Waals surface area contributed by atoms with E-state index in [-0.39, 0.29) is 22.7 Å². The van der Waals surface area contributed by atoms with Crippen molar-refractivity contribution < 1.29 is 114 Å². The monoisotopic (exact) mass is 902 g/mol. The second-order valence-electron chi connectivity index (χ2n) is 15.7. The smallest absolute Gasteiger partial charge is 0.239 e. The van der Waals surface area contributed by atoms with Gasteiger partial charge in [-0.15, -0.1) is 0 Å². The van der Waals surface area contributed by atoms with Crippen molar-refractivity contribution in [3.63, 3.8) is 0 Å². The maximum atomic E-state index is 14.3. The average molecular weight is 903 g/mol. The number of rotatable bonds is 11. The van der Waals surface area contributed by atoms with E-state index in [1.807, 2.05) is 0 Å². The normalized spacial score (nSPS) is 41.1. The molecular weight excluding hydrogens is 852 g/mol. The van der Waals surface area contributed by atoms with Gasteiger partial charge in [-0.2, -0.15) is 0 Å². The van der Waals surface area contributed by atoms with Gasteiger partial charge in [0.1, 0.15) is 108 Å². The third-order valence-electron chi connectivity index (χ3n) is 11.4. The molecule has 5 heterocycles. The number of aliphatic hydroxyl groups excluding tert-OH is 11. The van der Waals surface area contributed by atoms with Crippen LogP contribution in [0.15, 0.2) is 45.6 Å². The summed E-state index contributed by atoms with van der Waals surface area (Å²) in [7, 11) is 0. The van der Waals surface area contributed by atoms with E-state index in [1.54, 1.807) is 0 Å². The van der Waals surface area contributed by atoms with Gasteiger partial charge in [-0.3, -0.25) is 4.79 Å². The highest BCUT2D eigenvalue weighted by Gasteiger charge is 2.54. The fourth-order valence-corrected chi connectivity index (χ4v) is 7.68. The van der Waals surface area contributed by atoms with Crippen LogP contribution in [-0.4, -0.2) is 208 Å². The fourth-order valence-electron chi connectivity index (χ4n) is 7.68. The van der Waals surface area contributed by atoms with Crippen molar-refractivity contribution >= 4 is 11.0 Å². The van der Waals surface area contributed by atoms with Crippen molar-refractivity contribution in [2.24, 2.45) is 0 Å². The Kier molecular flexibility index (Phi) is 14.1. The van der Waals surface area contributed by atoms with E-state index < -0.39 is 164 Å². The van der Waals surface area contributed by atoms with E-state index in [4.69, 9.17) is 42.3 Å². The third-order valence-corrected chi connectivity index (χ3v) is 11.4. The highest BCUT2D eigenvalue weighted by molar-refractivity contribution is 5.88. The zero-order valence-electron chi connectivity index (χ0n) is 33.3. The van der Waals surface area contributed by atoms with Crippen LogP contribution in [0.2, 0.25) is 0 Å². The average Bonchev–Trinajstić information content (AvgIpc) is 3.24. The van der Waals surface area contributed by atoms with Gasteiger partial charge < -0.3 is 114 Å². The number of hydrogen-bond donors (Lipinski definition) is 14. The van der Waals surface area contributed by atoms with E-state index in [1.165, 1.54) is 38.1 Å². The van der Waals surface area contributed by atoms with Crippen LogP contribution in [0.4, 0.5) is 0 Å². The summed E-state index contributed by atoms with van der Waals surface area (Å²) in [5.41, 5.74) is -1.32. The number of aliphatic hydroxyl groups is 11. The molecule has 3 aromatic rings. The largest absolute Gasteiger partial charge is 0.508 e. The molecule has 7 rings (SSSR count). The van der Waals surface area contributed by atoms with E-state index in [0.717, 1.165) is 12.1 Å². The van der Waals surface area contributed by atoms with E-state index in [2.05, 4.69) is 0 Å². The number of phenols is 3. The van der Waals surface area contributed by atoms with Crippen LogP contribution in [0.25, 0.3) is 22.3 Å². The molecule has 4 fully saturated rings. The van der Waals surface area contributed by atoms with Gasteiger partial charge in [-0.1, -0.05) is 0 Å². The number of benzene rings is 2. The summed E-state index contributed by atoms with van der Waals surface area (Å²) in [6, 6.07) is 6.97. The quantitative estimate of drug-likeness (QED) is 0.0859. The molecule has 24 heteroatoms. The van der Waals surface area contributed by atoms with Crippen LogP contribution in [-0.2, 0) is 33.2 Å². The molecule has 24 nitrogen and oxygen atoms in total. The number of aromatic hydroxyl groups is 3. The standard InChI is InChI=1S/C39H50O24/c1-11-21(44)26(49)29(52)36(56-11)55-10-19-24(47)28(51)35(63-38-31(54)33(22(45)12(2)57-38)61-37-30(53)27(50)23(46)18(9-40)59-37)39(60-19)62-34-25(48)20-16(43)7-15(42)8-17(20)58-32(34)13-3-5-14(41)6-4-13/h3-8,11-12,18-19,21-24,26-31,33,35-47,49-54H,9-10H2,1-2H3/t11-,12+,18-,19-,21-,22+,23-,24+,26+,27+,28+,29+,30-,31-,33-,35-,36+,37+,38+,39+/m0/s1. The zero-order valence-corrected chi connectivity index (χ0v) is 33.3. The first kappa shape index (κ1) is 47.1. The van der Waals surface area contributed by atoms with E-state index in [9.17, 15) is 76.3 Å². The summed E-state index contributed by atoms with van der Waals surface area (Å²) in [5.74, 6) is -2.53. The van der Waals surface area contributed by atoms with Gasteiger partial charge in [-0.25, -0.2) is 0 Å². The predicted octanol–water partition coefficient (Wildman–Crippen LogP) is -4.72. The summed E-state index contributed by atoms with van der Waals surface area (Å²) in [4.78, 5) is 14.3. The molecule has 0 spiro atoms. The lowest BCUT2D eigenvalue weighted by atomic mass is 9.96. The van der Waals surface area contributed by atoms with Crippen molar-refractivity contribution in [1.29, 1.82) is 0 Å². The molecular formula is C39H50O24. The van der Waals surface area contributed by atoms with Crippen LogP contribution >= 0.6 is 0 Å². The van der Waals surface area contributed by atoms with E-state index >= 15 is 0 Å². The maximum Gasteiger partial charge on any atom is 0.239 e. The molecule has 0 aliphatic carbocycles. The highest BCUT2D eigenvalue weighted by Crippen LogP contribution is 2.39. The number of ether oxygens (including phenoxy) is 8. The Bertz CT molecular complexity index is 2080. The Hall–Kier alpha value is -3.87. The number of hydrogen-bond acceptors (Lipinski definition) is 24. The van der Waals surface area contributed by atoms with Crippen LogP contribution in [0.5, 0.6) is 23.0 Å². The van der Waals surface area contributed by atoms with Crippen molar-refractivity contribution in [2.75, 3.05) is 13.2 Å². The highest BCUT2D eigenvalue weighted by atomic mass is 16.8. The van der Waals surface area contributed by atoms with Crippen LogP contribution in [0.1, 0.15) is 13.8 Å². The van der Waals surface area contributed by atoms with Gasteiger partial charge in [0.2, 0.25) is 17.5 Å². The summed E-state index contributed by atoms with van der Waals surface area (Å²) in [6.07, 6.45) is -35.2. The molecule has 4 aliphatic heterocycles. The molecule has 14 N–H and O–H groups in total. The lowest BCUT2D eigenvalue weighted by molar-refractivity contribution is -0.379. The molecule has 20 atom stereocenters. The van der Waals surface area contributed by atoms with Crippen LogP contribution in [0, 0.1) is 0 Å². The van der Waals surface area contributed by atoms with Gasteiger partial charge >= 0.3 is 0 Å². The second-order valence-corrected chi connectivity index (χ2v) is 15.7. The van der Waals surface area contributed by atoms with Crippen LogP contribution in [0.3, 0.4) is 0 Å². The first-order valence-electron chi connectivity index (χ1n) is 19.8. The SMILES string of the molecule is C[C@@H]1O[C@@H](OC[C@@H]2O[C@H](Oc3c(-c4ccc(O)cc4)oc4cc(O)cc(O)c4c3=O)[C@@H](O[C@H]3O[C@H](C)[C@@H](O)[C@H](O[C@H]4O[C@@H](CO)[C@H](O)[C@@H](O)[C@@H]4O)[C@@H]3O)[C@H](O)[C@@H]2O)[C@H](O)[C@H](O)[C@H]1O. The second kappa shape index (κ2) is 18.9. The van der Waals surface area contributed by atoms with Gasteiger partial charge in [0.25, 0.3) is 0 Å². The lowest BCUT2D eigenvalue weighted by Gasteiger charge is -2.48. The Labute approximate surface area is 355 Å². The molecule has 2 aromatic carbocycles. The Balaban J connectivity index is 1.23. The van der Waals surface area contributed by atoms with Gasteiger partial charge in [0.05, 0.1) is 25.4 Å². The molecule has 350 valence electrons. The van der Waals surface area contributed by atoms with Crippen molar-refractivity contribution in [2.45, 2.75) is 137 Å². The summed E-state index contributed by atoms with van der Waals surface area (Å²) in [5, 5.41) is 148. The first-order chi connectivity index (χ1) is 29.8. The summed E-state index contributed by atoms with van der Waals surface area (Å²) >= 11 is 0. The Morgan fingerprint density at radius 3 is 1.83 bits per heavy atom. The molecule has 0 saturated carbocycles. The minimum absolute atomic E-state index is 0.0821. The first-order valence-corrected chi connectivity index (χ1v) is 19.8. The summed E-state index contributed by atoms with van der Waals surface area (Å²) < 4.78 is 52.0. The number of phenolic OH excluding ortho intramolecular Hbond substituents is 3. The molecule has 4 aliphatic rings. The molecule has 0 unspecified atom stereocenters. The fraction of sp³-hybridized carbons (Fsp3) is 0.615. The number of fused-ring (bicyclic) bond motifs is 1. The predicted molar refractivity (Wildman–Crippen MR) is 202 cm³/mol. The van der Waals surface area contributed by atoms with Gasteiger partial charge in [0, 0.05) is 17.7 Å². The lowest BCUT2D eigenvalue weighted by Crippen LogP contribution is -2.66. The van der Waals surface area contributed by atoms with Crippen molar-refractivity contribution in [3.05, 3.63) is 46.6 Å². The molecule has 0 bridgehead atoms. The van der Waals surface area contributed by atoms with Crippen molar-refractivity contribution in [1.82, 2.24) is 0 Å². The molecule has 63 heavy (non-hydrogen) atoms. The molecule has 1 aromatic heterocycles. The topological polar surface area (TPSA) is 387 Å². The van der Waals surface area contributed by atoms with Crippen LogP contribution < -0.4 is 10.2 Å². The van der Waals surface area contributed by atoms with Gasteiger partial charge in [0.15, 0.2) is 30.7 Å². The van der Waals surface area contributed by atoms with Gasteiger partial charge in [-0.05, 0) is 38.1 Å². The Morgan fingerprint density at radius 1 is 0.571 bits per heavy atom. The van der Waals surface area contributed by atoms with E-state index in [0.29, 0.717) is 0 Å². The van der Waals surface area contributed by atoms with Crippen molar-refractivity contribution in [3.8, 4) is 34.3 Å². The third kappa shape index (κ3) is 9.19.